The number of ether oxygens (including phenoxy) is 4. The van der Waals surface area contributed by atoms with Crippen molar-refractivity contribution in [3.05, 3.63) is 59.6 Å². The molecule has 0 unspecified atom stereocenters. The summed E-state index contributed by atoms with van der Waals surface area (Å²) < 4.78 is 21.3. The summed E-state index contributed by atoms with van der Waals surface area (Å²) in [6.45, 7) is -0.440. The Balaban J connectivity index is 1.46. The molecule has 9 heteroatoms. The minimum atomic E-state index is -0.568. The number of carbonyl (C=O) groups is 2. The van der Waals surface area contributed by atoms with Gasteiger partial charge < -0.3 is 24.3 Å². The number of para-hydroxylation sites is 2. The van der Waals surface area contributed by atoms with Crippen LogP contribution in [-0.4, -0.2) is 44.2 Å². The Morgan fingerprint density at radius 1 is 1.03 bits per heavy atom. The highest BCUT2D eigenvalue weighted by Crippen LogP contribution is 2.38. The number of esters is 1. The van der Waals surface area contributed by atoms with E-state index in [0.29, 0.717) is 28.0 Å². The second-order valence-electron chi connectivity index (χ2n) is 6.22. The molecule has 0 aliphatic carbocycles. The molecule has 1 N–H and O–H groups in total. The number of carbonyl (C=O) groups excluding carboxylic acids is 2. The Morgan fingerprint density at radius 2 is 1.84 bits per heavy atom. The molecule has 1 amide bonds. The smallest absolute Gasteiger partial charge is 0.325 e. The minimum Gasteiger partial charge on any atom is -0.493 e. The number of hydrogen-bond donors (Lipinski definition) is 1. The number of benzene rings is 2. The summed E-state index contributed by atoms with van der Waals surface area (Å²) in [5, 5.41) is 4.98. The van der Waals surface area contributed by atoms with Crippen LogP contribution in [0.2, 0.25) is 0 Å². The van der Waals surface area contributed by atoms with Crippen molar-refractivity contribution in [3.63, 3.8) is 0 Å². The van der Waals surface area contributed by atoms with Gasteiger partial charge in [-0.2, -0.15) is 0 Å². The highest BCUT2D eigenvalue weighted by molar-refractivity contribution is 7.13. The van der Waals surface area contributed by atoms with Crippen molar-refractivity contribution < 1.29 is 28.5 Å². The van der Waals surface area contributed by atoms with E-state index < -0.39 is 11.9 Å². The first-order valence-corrected chi connectivity index (χ1v) is 10.2. The van der Waals surface area contributed by atoms with Crippen molar-refractivity contribution in [2.24, 2.45) is 0 Å². The summed E-state index contributed by atoms with van der Waals surface area (Å²) in [5.74, 6) is 0.786. The van der Waals surface area contributed by atoms with Gasteiger partial charge in [0.15, 0.2) is 18.1 Å². The van der Waals surface area contributed by atoms with Crippen LogP contribution in [0.4, 0.5) is 0 Å². The van der Waals surface area contributed by atoms with E-state index in [-0.39, 0.29) is 19.8 Å². The number of rotatable bonds is 10. The van der Waals surface area contributed by atoms with Gasteiger partial charge in [0, 0.05) is 5.38 Å². The molecule has 0 saturated heterocycles. The van der Waals surface area contributed by atoms with Crippen molar-refractivity contribution in [1.29, 1.82) is 0 Å². The van der Waals surface area contributed by atoms with Crippen molar-refractivity contribution >= 4 is 23.2 Å². The number of thiazole rings is 1. The lowest BCUT2D eigenvalue weighted by atomic mass is 10.2. The van der Waals surface area contributed by atoms with Crippen LogP contribution in [0.25, 0.3) is 10.6 Å². The van der Waals surface area contributed by atoms with Crippen molar-refractivity contribution in [2.45, 2.75) is 6.61 Å². The average Bonchev–Trinajstić information content (AvgIpc) is 3.29. The molecule has 0 aliphatic heterocycles. The molecule has 1 aromatic heterocycles. The van der Waals surface area contributed by atoms with Crippen LogP contribution in [0.15, 0.2) is 53.9 Å². The lowest BCUT2D eigenvalue weighted by molar-refractivity contribution is -0.145. The first-order chi connectivity index (χ1) is 15.1. The molecule has 0 bridgehead atoms. The summed E-state index contributed by atoms with van der Waals surface area (Å²) in [5.41, 5.74) is 1.38. The third-order valence-corrected chi connectivity index (χ3v) is 5.03. The van der Waals surface area contributed by atoms with Crippen molar-refractivity contribution in [1.82, 2.24) is 10.3 Å². The molecule has 31 heavy (non-hydrogen) atoms. The topological polar surface area (TPSA) is 96.0 Å². The van der Waals surface area contributed by atoms with E-state index in [9.17, 15) is 9.59 Å². The van der Waals surface area contributed by atoms with E-state index in [0.717, 1.165) is 5.56 Å². The maximum atomic E-state index is 11.9. The van der Waals surface area contributed by atoms with E-state index in [1.807, 2.05) is 18.2 Å². The monoisotopic (exact) mass is 442 g/mol. The lowest BCUT2D eigenvalue weighted by Crippen LogP contribution is -2.34. The molecule has 0 atom stereocenters. The quantitative estimate of drug-likeness (QED) is 0.482. The van der Waals surface area contributed by atoms with Crippen molar-refractivity contribution in [2.75, 3.05) is 27.4 Å². The fraction of sp³-hybridized carbons (Fsp3) is 0.227. The lowest BCUT2D eigenvalue weighted by Gasteiger charge is -2.10. The molecule has 3 rings (SSSR count). The van der Waals surface area contributed by atoms with Crippen LogP contribution in [0.1, 0.15) is 5.69 Å². The van der Waals surface area contributed by atoms with Gasteiger partial charge in [-0.25, -0.2) is 4.98 Å². The van der Waals surface area contributed by atoms with E-state index in [1.54, 1.807) is 49.9 Å². The van der Waals surface area contributed by atoms with E-state index in [1.165, 1.54) is 11.3 Å². The Labute approximate surface area is 183 Å². The zero-order valence-corrected chi connectivity index (χ0v) is 17.9. The summed E-state index contributed by atoms with van der Waals surface area (Å²) in [6.07, 6.45) is 0. The van der Waals surface area contributed by atoms with E-state index >= 15 is 0 Å². The third kappa shape index (κ3) is 6.19. The highest BCUT2D eigenvalue weighted by atomic mass is 32.1. The molecule has 162 valence electrons. The van der Waals surface area contributed by atoms with Gasteiger partial charge in [0.25, 0.3) is 5.91 Å². The van der Waals surface area contributed by atoms with Gasteiger partial charge in [0.05, 0.1) is 25.5 Å². The standard InChI is InChI=1S/C22H22N2O6S/c1-27-18-10-6-9-17(21(18)28-2)22-24-15(14-31-22)12-30-20(26)11-23-19(25)13-29-16-7-4-3-5-8-16/h3-10,14H,11-13H2,1-2H3,(H,23,25). The first kappa shape index (κ1) is 22.1. The van der Waals surface area contributed by atoms with Gasteiger partial charge >= 0.3 is 5.97 Å². The molecule has 1 heterocycles. The van der Waals surface area contributed by atoms with Crippen LogP contribution in [-0.2, 0) is 20.9 Å². The molecular formula is C22H22N2O6S. The first-order valence-electron chi connectivity index (χ1n) is 9.36. The maximum absolute atomic E-state index is 11.9. The molecule has 0 radical (unpaired) electrons. The molecule has 0 fully saturated rings. The van der Waals surface area contributed by atoms with E-state index in [4.69, 9.17) is 18.9 Å². The normalized spacial score (nSPS) is 10.3. The summed E-state index contributed by atoms with van der Waals surface area (Å²) in [6, 6.07) is 14.5. The van der Waals surface area contributed by atoms with Gasteiger partial charge in [-0.05, 0) is 24.3 Å². The van der Waals surface area contributed by atoms with Gasteiger partial charge in [0.2, 0.25) is 0 Å². The van der Waals surface area contributed by atoms with Crippen LogP contribution in [0, 0.1) is 0 Å². The Hall–Kier alpha value is -3.59. The summed E-state index contributed by atoms with van der Waals surface area (Å²) >= 11 is 1.40. The third-order valence-electron chi connectivity index (χ3n) is 4.11. The Bertz CT molecular complexity index is 1020. The summed E-state index contributed by atoms with van der Waals surface area (Å²) in [7, 11) is 3.14. The van der Waals surface area contributed by atoms with Gasteiger partial charge in [-0.15, -0.1) is 11.3 Å². The largest absolute Gasteiger partial charge is 0.493 e. The highest BCUT2D eigenvalue weighted by Gasteiger charge is 2.15. The zero-order valence-electron chi connectivity index (χ0n) is 17.1. The fourth-order valence-electron chi connectivity index (χ4n) is 2.65. The molecule has 8 nitrogen and oxygen atoms in total. The molecule has 3 aromatic rings. The molecule has 2 aromatic carbocycles. The molecule has 0 spiro atoms. The van der Waals surface area contributed by atoms with Crippen LogP contribution >= 0.6 is 11.3 Å². The predicted molar refractivity (Wildman–Crippen MR) is 115 cm³/mol. The number of amides is 1. The predicted octanol–water partition coefficient (Wildman–Crippen LogP) is 3.07. The number of nitrogens with one attached hydrogen (secondary N) is 1. The maximum Gasteiger partial charge on any atom is 0.325 e. The second kappa shape index (κ2) is 11.0. The zero-order chi connectivity index (χ0) is 22.1. The van der Waals surface area contributed by atoms with Crippen molar-refractivity contribution in [3.8, 4) is 27.8 Å². The van der Waals surface area contributed by atoms with Gasteiger partial charge in [-0.3, -0.25) is 9.59 Å². The summed E-state index contributed by atoms with van der Waals surface area (Å²) in [4.78, 5) is 28.2. The Kier molecular flexibility index (Phi) is 7.83. The molecule has 0 saturated carbocycles. The molecule has 0 aliphatic rings. The number of aromatic nitrogens is 1. The van der Waals surface area contributed by atoms with E-state index in [2.05, 4.69) is 10.3 Å². The number of nitrogens with zero attached hydrogens (tertiary/aromatic N) is 1. The number of hydrogen-bond acceptors (Lipinski definition) is 8. The second-order valence-corrected chi connectivity index (χ2v) is 7.08. The van der Waals surface area contributed by atoms with Crippen LogP contribution < -0.4 is 19.5 Å². The Morgan fingerprint density at radius 3 is 2.58 bits per heavy atom. The van der Waals surface area contributed by atoms with Crippen LogP contribution in [0.5, 0.6) is 17.2 Å². The number of methoxy groups -OCH3 is 2. The minimum absolute atomic E-state index is 0.00198. The fourth-order valence-corrected chi connectivity index (χ4v) is 3.47. The van der Waals surface area contributed by atoms with Gasteiger partial charge in [0.1, 0.15) is 23.9 Å². The van der Waals surface area contributed by atoms with Gasteiger partial charge in [-0.1, -0.05) is 24.3 Å². The SMILES string of the molecule is COc1cccc(-c2nc(COC(=O)CNC(=O)COc3ccccc3)cs2)c1OC. The average molecular weight is 442 g/mol. The molecular weight excluding hydrogens is 420 g/mol. The van der Waals surface area contributed by atoms with Crippen LogP contribution in [0.3, 0.4) is 0 Å².